The third kappa shape index (κ3) is 24.6. The zero-order chi connectivity index (χ0) is 78.1. The highest BCUT2D eigenvalue weighted by Gasteiger charge is 2.47. The van der Waals surface area contributed by atoms with E-state index in [1.165, 1.54) is 21.6 Å². The highest BCUT2D eigenvalue weighted by molar-refractivity contribution is 8.76. The van der Waals surface area contributed by atoms with Gasteiger partial charge in [-0.05, 0) is 108 Å². The number of nitrogens with zero attached hydrogens (tertiary/aromatic N) is 4. The van der Waals surface area contributed by atoms with Gasteiger partial charge in [-0.15, -0.1) is 0 Å². The highest BCUT2D eigenvalue weighted by Crippen LogP contribution is 2.29. The Labute approximate surface area is 623 Å². The molecule has 0 aliphatic carbocycles. The SMILES string of the molecule is CC[C@H](C)[C@@H]1NC(=O)[C@@H]2CCCN2C(=O)[C@@H]2CCCN2C(=O)[C@H]([C@@H](C)CC)NC(=O)[C@H](C(C)O)NC(=O)[C@H](CCCCN)NC(=O)[C@H]([C@H](C)O)NC(=O)[C@@H]2CSSC[C@H](NC1=O)C(=O)N[C@@H](Cc1ccccc1)C(=O)N1CCC[C@H]1C(=O)N[C@@H](CC(=O)O)C(=O)NCC(=O)N[C@@H](CCCN=C(N)N)C(=O)N2. The standard InChI is InChI=1S/C68H106N18O18S2/c1-7-35(3)51-62(99)79-44-33-105-106-34-45(78-56(93)40(21-14-26-72-68(70)71)74-49(89)32-73-55(92)42(31-50(90)91)76-60(97)46-22-15-27-84(46)65(102)43(77-58(44)95)30-39-18-10-9-11-19-39)59(96)83-53(37(5)87)63(100)75-41(20-12-13-25-69)57(94)82-54(38(6)88)64(101)81-52(36(4)8-2)67(104)86-29-17-24-48(86)66(103)85-28-16-23-47(85)61(98)80-51/h9-11,18-19,35-38,40-48,51-54,87-88H,7-8,12-17,20-34,69H2,1-6H3,(H,73,92)(H,74,89)(H,75,100)(H,76,97)(H,77,95)(H,78,93)(H,79,99)(H,80,98)(H,81,101)(H,82,94)(H,83,96)(H,90,91)(H4,70,71,72)/t35-,36-,37-,38?,40-,41-,42-,43-,44-,45-,46-,47-,48-,51-,52-,53-,54-/m0/s1. The molecule has 6 rings (SSSR count). The van der Waals surface area contributed by atoms with Crippen LogP contribution in [-0.4, -0.2) is 266 Å². The first-order chi connectivity index (χ1) is 50.4. The summed E-state index contributed by atoms with van der Waals surface area (Å²) in [6, 6.07) is -11.6. The molecule has 0 saturated carbocycles. The normalized spacial score (nSPS) is 28.7. The molecule has 17 atom stereocenters. The molecule has 0 radical (unpaired) electrons. The minimum Gasteiger partial charge on any atom is -0.481 e. The molecule has 5 aliphatic rings. The number of carbonyl (C=O) groups is 15. The monoisotopic (exact) mass is 1530 g/mol. The van der Waals surface area contributed by atoms with E-state index in [9.17, 15) is 72.9 Å². The second-order valence-electron chi connectivity index (χ2n) is 27.5. The number of hydrogen-bond donors (Lipinski definition) is 17. The number of rotatable bonds is 18. The van der Waals surface area contributed by atoms with Gasteiger partial charge in [0.05, 0.1) is 25.2 Å². The van der Waals surface area contributed by atoms with E-state index in [2.05, 4.69) is 63.5 Å². The van der Waals surface area contributed by atoms with Crippen LogP contribution >= 0.6 is 21.6 Å². The summed E-state index contributed by atoms with van der Waals surface area (Å²) in [5.41, 5.74) is 17.5. The van der Waals surface area contributed by atoms with Crippen molar-refractivity contribution in [3.8, 4) is 0 Å². The third-order valence-corrected chi connectivity index (χ3v) is 21.9. The number of benzene rings is 1. The fourth-order valence-corrected chi connectivity index (χ4v) is 15.4. The topological polar surface area (TPSA) is 549 Å². The van der Waals surface area contributed by atoms with Crippen LogP contribution in [0, 0.1) is 11.8 Å². The Kier molecular flexibility index (Phi) is 34.0. The molecule has 5 aliphatic heterocycles. The van der Waals surface area contributed by atoms with Crippen molar-refractivity contribution >= 4 is 116 Å². The van der Waals surface area contributed by atoms with Crippen LogP contribution < -0.4 is 75.7 Å². The van der Waals surface area contributed by atoms with Crippen molar-refractivity contribution in [2.24, 2.45) is 34.0 Å². The first kappa shape index (κ1) is 86.0. The van der Waals surface area contributed by atoms with Crippen molar-refractivity contribution in [2.75, 3.05) is 50.8 Å². The number of carboxylic acid groups (broad SMARTS) is 1. The maximum absolute atomic E-state index is 15.3. The Morgan fingerprint density at radius 3 is 1.53 bits per heavy atom. The van der Waals surface area contributed by atoms with Gasteiger partial charge >= 0.3 is 5.97 Å². The smallest absolute Gasteiger partial charge is 0.305 e. The predicted molar refractivity (Wildman–Crippen MR) is 389 cm³/mol. The van der Waals surface area contributed by atoms with Crippen LogP contribution in [0.25, 0.3) is 0 Å². The van der Waals surface area contributed by atoms with Crippen LogP contribution in [0.1, 0.15) is 137 Å². The van der Waals surface area contributed by atoms with E-state index < -0.39 is 216 Å². The van der Waals surface area contributed by atoms with Crippen molar-refractivity contribution in [1.82, 2.24) is 73.2 Å². The predicted octanol–water partition coefficient (Wildman–Crippen LogP) is -4.91. The lowest BCUT2D eigenvalue weighted by Gasteiger charge is -2.35. The molecule has 588 valence electrons. The number of aliphatic carboxylic acids is 1. The molecule has 36 nitrogen and oxygen atoms in total. The van der Waals surface area contributed by atoms with Crippen molar-refractivity contribution in [1.29, 1.82) is 0 Å². The molecule has 1 aromatic carbocycles. The lowest BCUT2D eigenvalue weighted by molar-refractivity contribution is -0.149. The Hall–Kier alpha value is -8.88. The van der Waals surface area contributed by atoms with Gasteiger partial charge in [-0.1, -0.05) is 92.5 Å². The second kappa shape index (κ2) is 41.9. The van der Waals surface area contributed by atoms with Crippen molar-refractivity contribution in [3.63, 3.8) is 0 Å². The number of nitrogens with two attached hydrogens (primary N) is 3. The van der Waals surface area contributed by atoms with Gasteiger partial charge in [-0.3, -0.25) is 76.9 Å². The number of carbonyl (C=O) groups excluding carboxylic acids is 14. The van der Waals surface area contributed by atoms with Gasteiger partial charge in [-0.2, -0.15) is 0 Å². The molecule has 106 heavy (non-hydrogen) atoms. The minimum atomic E-state index is -1.95. The summed E-state index contributed by atoms with van der Waals surface area (Å²) >= 11 is 0. The van der Waals surface area contributed by atoms with E-state index in [1.54, 1.807) is 58.0 Å². The number of aliphatic hydroxyl groups excluding tert-OH is 2. The van der Waals surface area contributed by atoms with Gasteiger partial charge in [-0.25, -0.2) is 0 Å². The molecule has 2 bridgehead atoms. The number of unbranched alkanes of at least 4 members (excludes halogenated alkanes) is 1. The number of guanidine groups is 1. The zero-order valence-corrected chi connectivity index (χ0v) is 62.4. The maximum atomic E-state index is 15.3. The average molecular weight is 1530 g/mol. The van der Waals surface area contributed by atoms with Crippen molar-refractivity contribution in [2.45, 2.75) is 229 Å². The fourth-order valence-electron chi connectivity index (χ4n) is 13.1. The molecule has 14 amide bonds. The van der Waals surface area contributed by atoms with Crippen LogP contribution in [0.4, 0.5) is 0 Å². The van der Waals surface area contributed by atoms with E-state index in [0.29, 0.717) is 31.2 Å². The first-order valence-corrected chi connectivity index (χ1v) is 38.7. The third-order valence-electron chi connectivity index (χ3n) is 19.5. The number of aliphatic hydroxyl groups is 2. The number of hydrogen-bond acceptors (Lipinski definition) is 21. The molecule has 0 aromatic heterocycles. The zero-order valence-electron chi connectivity index (χ0n) is 60.8. The molecule has 5 heterocycles. The Morgan fingerprint density at radius 1 is 0.509 bits per heavy atom. The molecular formula is C68H106N18O18S2. The Balaban J connectivity index is 1.51. The lowest BCUT2D eigenvalue weighted by Crippen LogP contribution is -2.63. The summed E-state index contributed by atoms with van der Waals surface area (Å²) < 4.78 is 0. The summed E-state index contributed by atoms with van der Waals surface area (Å²) in [5, 5.41) is 60.7. The summed E-state index contributed by atoms with van der Waals surface area (Å²) in [6.45, 7) is 8.44. The number of aliphatic imine (C=N–C) groups is 1. The summed E-state index contributed by atoms with van der Waals surface area (Å²) in [7, 11) is 1.70. The van der Waals surface area contributed by atoms with Crippen molar-refractivity contribution in [3.05, 3.63) is 35.9 Å². The lowest BCUT2D eigenvalue weighted by atomic mass is 9.96. The molecule has 38 heteroatoms. The van der Waals surface area contributed by atoms with E-state index in [4.69, 9.17) is 17.2 Å². The van der Waals surface area contributed by atoms with E-state index >= 15 is 14.4 Å². The van der Waals surface area contributed by atoms with E-state index in [0.717, 1.165) is 28.5 Å². The van der Waals surface area contributed by atoms with Crippen LogP contribution in [-0.2, 0) is 78.3 Å². The minimum absolute atomic E-state index is 0.0104. The molecule has 1 aromatic rings. The fraction of sp³-hybridized carbons (Fsp3) is 0.676. The number of amides is 14. The maximum Gasteiger partial charge on any atom is 0.305 e. The number of carboxylic acids is 1. The van der Waals surface area contributed by atoms with Gasteiger partial charge in [0.25, 0.3) is 0 Å². The average Bonchev–Trinajstić information content (AvgIpc) is 1.63. The molecule has 1 unspecified atom stereocenters. The van der Waals surface area contributed by atoms with Crippen LogP contribution in [0.2, 0.25) is 0 Å². The summed E-state index contributed by atoms with van der Waals surface area (Å²) in [6.07, 6.45) is -2.68. The largest absolute Gasteiger partial charge is 0.481 e. The summed E-state index contributed by atoms with van der Waals surface area (Å²) in [5.74, 6) is -17.3. The van der Waals surface area contributed by atoms with Gasteiger partial charge in [0.15, 0.2) is 5.96 Å². The van der Waals surface area contributed by atoms with Gasteiger partial charge in [0.1, 0.15) is 78.5 Å². The quantitative estimate of drug-likeness (QED) is 0.0283. The molecule has 0 spiro atoms. The number of fused-ring (bicyclic) bond motifs is 8. The molecule has 20 N–H and O–H groups in total. The van der Waals surface area contributed by atoms with E-state index in [-0.39, 0.29) is 103 Å². The van der Waals surface area contributed by atoms with Gasteiger partial charge < -0.3 is 106 Å². The molecular weight excluding hydrogens is 1420 g/mol. The highest BCUT2D eigenvalue weighted by atomic mass is 33.1. The van der Waals surface area contributed by atoms with E-state index in [1.807, 2.05) is 0 Å². The van der Waals surface area contributed by atoms with Crippen LogP contribution in [0.3, 0.4) is 0 Å². The van der Waals surface area contributed by atoms with Crippen molar-refractivity contribution < 1.29 is 87.2 Å². The number of nitrogens with one attached hydrogen (secondary N) is 11. The van der Waals surface area contributed by atoms with Crippen LogP contribution in [0.15, 0.2) is 35.3 Å². The van der Waals surface area contributed by atoms with Gasteiger partial charge in [0, 0.05) is 44.1 Å². The second-order valence-corrected chi connectivity index (χ2v) is 30.1. The molecule has 5 saturated heterocycles. The summed E-state index contributed by atoms with van der Waals surface area (Å²) in [4.78, 5) is 226. The Morgan fingerprint density at radius 2 is 0.962 bits per heavy atom. The van der Waals surface area contributed by atoms with Gasteiger partial charge in [0.2, 0.25) is 82.7 Å². The first-order valence-electron chi connectivity index (χ1n) is 36.2. The van der Waals surface area contributed by atoms with Crippen LogP contribution in [0.5, 0.6) is 0 Å². The Bertz CT molecular complexity index is 3330. The molecule has 5 fully saturated rings.